The average molecular weight is 540 g/mol. The van der Waals surface area contributed by atoms with Crippen molar-refractivity contribution < 1.29 is 18.3 Å². The summed E-state index contributed by atoms with van der Waals surface area (Å²) in [4.78, 5) is 7.10. The van der Waals surface area contributed by atoms with E-state index in [1.54, 1.807) is 12.1 Å². The summed E-state index contributed by atoms with van der Waals surface area (Å²) in [5.41, 5.74) is 0.581. The lowest BCUT2D eigenvalue weighted by molar-refractivity contribution is -0.0505. The molecule has 1 saturated heterocycles. The number of alkyl halides is 2. The highest BCUT2D eigenvalue weighted by atomic mass is 127. The van der Waals surface area contributed by atoms with Gasteiger partial charge in [-0.3, -0.25) is 0 Å². The predicted octanol–water partition coefficient (Wildman–Crippen LogP) is 4.23. The van der Waals surface area contributed by atoms with Crippen LogP contribution in [-0.4, -0.2) is 56.8 Å². The average Bonchev–Trinajstić information content (AvgIpc) is 2.71. The molecule has 30 heavy (non-hydrogen) atoms. The monoisotopic (exact) mass is 540 g/mol. The van der Waals surface area contributed by atoms with Crippen LogP contribution < -0.4 is 20.1 Å². The second-order valence-corrected chi connectivity index (χ2v) is 7.16. The highest BCUT2D eigenvalue weighted by Gasteiger charge is 2.19. The Morgan fingerprint density at radius 1 is 1.27 bits per heavy atom. The van der Waals surface area contributed by atoms with Gasteiger partial charge in [-0.15, -0.1) is 24.0 Å². The lowest BCUT2D eigenvalue weighted by Crippen LogP contribution is -2.48. The highest BCUT2D eigenvalue weighted by molar-refractivity contribution is 14.0. The summed E-state index contributed by atoms with van der Waals surface area (Å²) in [6, 6.07) is 5.24. The van der Waals surface area contributed by atoms with Crippen LogP contribution in [0.25, 0.3) is 0 Å². The Labute approximate surface area is 195 Å². The molecular formula is C21H35F2IN4O2. The van der Waals surface area contributed by atoms with E-state index in [0.29, 0.717) is 23.3 Å². The summed E-state index contributed by atoms with van der Waals surface area (Å²) < 4.78 is 35.2. The van der Waals surface area contributed by atoms with Crippen molar-refractivity contribution in [2.45, 2.75) is 58.7 Å². The van der Waals surface area contributed by atoms with Crippen molar-refractivity contribution in [3.8, 4) is 11.5 Å². The van der Waals surface area contributed by atoms with E-state index in [2.05, 4.69) is 32.2 Å². The van der Waals surface area contributed by atoms with Crippen molar-refractivity contribution >= 4 is 29.9 Å². The number of methoxy groups -OCH3 is 1. The van der Waals surface area contributed by atoms with Crippen LogP contribution in [0.4, 0.5) is 8.78 Å². The second kappa shape index (κ2) is 14.6. The molecule has 2 N–H and O–H groups in total. The van der Waals surface area contributed by atoms with E-state index in [9.17, 15) is 8.78 Å². The molecule has 1 heterocycles. The Morgan fingerprint density at radius 2 is 2.00 bits per heavy atom. The molecule has 0 bridgehead atoms. The summed E-state index contributed by atoms with van der Waals surface area (Å²) in [7, 11) is 1.49. The zero-order valence-corrected chi connectivity index (χ0v) is 20.5. The van der Waals surface area contributed by atoms with Crippen LogP contribution >= 0.6 is 24.0 Å². The molecule has 0 unspecified atom stereocenters. The van der Waals surface area contributed by atoms with Crippen molar-refractivity contribution in [3.63, 3.8) is 0 Å². The zero-order chi connectivity index (χ0) is 21.1. The van der Waals surface area contributed by atoms with Gasteiger partial charge in [0.15, 0.2) is 5.96 Å². The molecule has 0 atom stereocenters. The van der Waals surface area contributed by atoms with E-state index in [4.69, 9.17) is 4.74 Å². The molecule has 0 amide bonds. The molecule has 6 nitrogen and oxygen atoms in total. The van der Waals surface area contributed by atoms with Gasteiger partial charge in [0.25, 0.3) is 0 Å². The van der Waals surface area contributed by atoms with Gasteiger partial charge >= 0.3 is 6.61 Å². The molecule has 172 valence electrons. The molecule has 0 aromatic heterocycles. The fraction of sp³-hybridized carbons (Fsp3) is 0.667. The van der Waals surface area contributed by atoms with Crippen molar-refractivity contribution in [2.75, 3.05) is 33.3 Å². The summed E-state index contributed by atoms with van der Waals surface area (Å²) >= 11 is 0. The molecule has 0 saturated carbocycles. The Bertz CT molecular complexity index is 641. The standard InChI is InChI=1S/C21H34F2N4O2.HI/c1-4-6-11-27-12-9-17(10-13-27)26-21(24-5-2)25-15-16-7-8-18(28-3)14-19(16)29-20(22)23;/h7-8,14,17,20H,4-6,9-13,15H2,1-3H3,(H2,24,25,26);1H. The molecule has 1 aromatic rings. The Balaban J connectivity index is 0.00000450. The van der Waals surface area contributed by atoms with Gasteiger partial charge in [-0.2, -0.15) is 8.78 Å². The van der Waals surface area contributed by atoms with Crippen molar-refractivity contribution in [1.82, 2.24) is 15.5 Å². The van der Waals surface area contributed by atoms with Gasteiger partial charge in [0.2, 0.25) is 0 Å². The first-order valence-electron chi connectivity index (χ1n) is 10.4. The molecule has 1 aromatic carbocycles. The number of unbranched alkanes of at least 4 members (excludes halogenated alkanes) is 1. The lowest BCUT2D eigenvalue weighted by Gasteiger charge is -2.33. The maximum atomic E-state index is 12.7. The third-order valence-corrected chi connectivity index (χ3v) is 5.00. The molecule has 9 heteroatoms. The van der Waals surface area contributed by atoms with Gasteiger partial charge in [0, 0.05) is 37.3 Å². The summed E-state index contributed by atoms with van der Waals surface area (Å²) in [6.45, 7) is 5.62. The van der Waals surface area contributed by atoms with E-state index in [1.165, 1.54) is 32.6 Å². The summed E-state index contributed by atoms with van der Waals surface area (Å²) in [5, 5.41) is 6.73. The van der Waals surface area contributed by atoms with E-state index in [0.717, 1.165) is 32.5 Å². The molecule has 2 rings (SSSR count). The fourth-order valence-corrected chi connectivity index (χ4v) is 3.36. The van der Waals surface area contributed by atoms with E-state index in [1.807, 2.05) is 6.92 Å². The number of nitrogens with zero attached hydrogens (tertiary/aromatic N) is 2. The van der Waals surface area contributed by atoms with E-state index in [-0.39, 0.29) is 36.3 Å². The number of rotatable bonds is 10. The number of aliphatic imine (C=N–C) groups is 1. The summed E-state index contributed by atoms with van der Waals surface area (Å²) in [5.74, 6) is 1.25. The van der Waals surface area contributed by atoms with Gasteiger partial charge < -0.3 is 25.0 Å². The van der Waals surface area contributed by atoms with Gasteiger partial charge in [0.05, 0.1) is 13.7 Å². The highest BCUT2D eigenvalue weighted by Crippen LogP contribution is 2.27. The van der Waals surface area contributed by atoms with Gasteiger partial charge in [-0.1, -0.05) is 13.3 Å². The molecule has 1 aliphatic rings. The van der Waals surface area contributed by atoms with Gasteiger partial charge in [-0.05, 0) is 44.9 Å². The molecule has 1 fully saturated rings. The minimum Gasteiger partial charge on any atom is -0.497 e. The number of hydrogen-bond acceptors (Lipinski definition) is 4. The van der Waals surface area contributed by atoms with Gasteiger partial charge in [-0.25, -0.2) is 4.99 Å². The van der Waals surface area contributed by atoms with Crippen molar-refractivity contribution in [1.29, 1.82) is 0 Å². The number of nitrogens with one attached hydrogen (secondary N) is 2. The van der Waals surface area contributed by atoms with Crippen LogP contribution in [-0.2, 0) is 6.54 Å². The quantitative estimate of drug-likeness (QED) is 0.264. The third kappa shape index (κ3) is 9.20. The van der Waals surface area contributed by atoms with Crippen LogP contribution in [0.15, 0.2) is 23.2 Å². The number of likely N-dealkylation sites (tertiary alicyclic amines) is 1. The summed E-state index contributed by atoms with van der Waals surface area (Å²) in [6.07, 6.45) is 4.60. The van der Waals surface area contributed by atoms with Crippen LogP contribution in [0.1, 0.15) is 45.1 Å². The normalized spacial score (nSPS) is 15.6. The molecule has 1 aliphatic heterocycles. The SMILES string of the molecule is CCCCN1CCC(NC(=NCc2ccc(OC)cc2OC(F)F)NCC)CC1.I. The lowest BCUT2D eigenvalue weighted by atomic mass is 10.0. The number of benzene rings is 1. The Kier molecular flexibility index (Phi) is 13.0. The van der Waals surface area contributed by atoms with E-state index >= 15 is 0 Å². The number of halogens is 3. The van der Waals surface area contributed by atoms with Gasteiger partial charge in [0.1, 0.15) is 11.5 Å². The minimum absolute atomic E-state index is 0. The second-order valence-electron chi connectivity index (χ2n) is 7.16. The van der Waals surface area contributed by atoms with Crippen LogP contribution in [0.5, 0.6) is 11.5 Å². The maximum absolute atomic E-state index is 12.7. The first-order chi connectivity index (χ1) is 14.0. The largest absolute Gasteiger partial charge is 0.497 e. The molecule has 0 radical (unpaired) electrons. The third-order valence-electron chi connectivity index (χ3n) is 5.00. The van der Waals surface area contributed by atoms with E-state index < -0.39 is 6.61 Å². The van der Waals surface area contributed by atoms with Crippen LogP contribution in [0.3, 0.4) is 0 Å². The predicted molar refractivity (Wildman–Crippen MR) is 127 cm³/mol. The zero-order valence-electron chi connectivity index (χ0n) is 18.1. The molecular weight excluding hydrogens is 505 g/mol. The first-order valence-corrected chi connectivity index (χ1v) is 10.4. The first kappa shape index (κ1) is 26.7. The Morgan fingerprint density at radius 3 is 2.60 bits per heavy atom. The number of ether oxygens (including phenoxy) is 2. The number of piperidine rings is 1. The smallest absolute Gasteiger partial charge is 0.387 e. The topological polar surface area (TPSA) is 58.1 Å². The molecule has 0 aliphatic carbocycles. The fourth-order valence-electron chi connectivity index (χ4n) is 3.36. The van der Waals surface area contributed by atoms with Crippen molar-refractivity contribution in [2.24, 2.45) is 4.99 Å². The number of guanidine groups is 1. The molecule has 0 spiro atoms. The Hall–Kier alpha value is -1.36. The minimum atomic E-state index is -2.89. The van der Waals surface area contributed by atoms with Crippen LogP contribution in [0.2, 0.25) is 0 Å². The number of hydrogen-bond donors (Lipinski definition) is 2. The van der Waals surface area contributed by atoms with Crippen LogP contribution in [0, 0.1) is 0 Å². The van der Waals surface area contributed by atoms with Crippen molar-refractivity contribution in [3.05, 3.63) is 23.8 Å². The maximum Gasteiger partial charge on any atom is 0.387 e.